The zero-order valence-electron chi connectivity index (χ0n) is 17.8. The van der Waals surface area contributed by atoms with Crippen LogP contribution in [-0.2, 0) is 14.9 Å². The van der Waals surface area contributed by atoms with Crippen LogP contribution in [-0.4, -0.2) is 37.5 Å². The van der Waals surface area contributed by atoms with Gasteiger partial charge in [0.25, 0.3) is 0 Å². The number of rotatable bonds is 8. The predicted octanol–water partition coefficient (Wildman–Crippen LogP) is 6.23. The lowest BCUT2D eigenvalue weighted by Crippen LogP contribution is -2.56. The molecule has 180 valence electrons. The lowest BCUT2D eigenvalue weighted by Gasteiger charge is -2.39. The standard InChI is InChI=1S/C23H22F6O4/c1-3-13-32-19(30)15-9-5-7-11-17(15)21(22(24,25)26,23(27,28)29)18-12-8-6-10-16(18)20(31)33-14-4-2/h5-12H,3-4,13-14H2,1-2H3. The minimum atomic E-state index is -5.99. The molecule has 33 heavy (non-hydrogen) atoms. The lowest BCUT2D eigenvalue weighted by atomic mass is 9.69. The van der Waals surface area contributed by atoms with E-state index in [1.165, 1.54) is 0 Å². The molecule has 2 aromatic rings. The first-order valence-corrected chi connectivity index (χ1v) is 10.1. The number of hydrogen-bond acceptors (Lipinski definition) is 4. The van der Waals surface area contributed by atoms with E-state index in [-0.39, 0.29) is 13.2 Å². The van der Waals surface area contributed by atoms with Crippen molar-refractivity contribution >= 4 is 11.9 Å². The van der Waals surface area contributed by atoms with Gasteiger partial charge in [0.05, 0.1) is 24.3 Å². The van der Waals surface area contributed by atoms with E-state index >= 15 is 0 Å². The molecule has 0 N–H and O–H groups in total. The van der Waals surface area contributed by atoms with Gasteiger partial charge < -0.3 is 9.47 Å². The van der Waals surface area contributed by atoms with Crippen LogP contribution in [0.5, 0.6) is 0 Å². The third kappa shape index (κ3) is 4.99. The Kier molecular flexibility index (Phi) is 8.16. The minimum Gasteiger partial charge on any atom is -0.462 e. The van der Waals surface area contributed by atoms with Gasteiger partial charge in [0, 0.05) is 0 Å². The van der Waals surface area contributed by atoms with E-state index in [1.807, 2.05) is 0 Å². The first-order chi connectivity index (χ1) is 15.4. The molecule has 0 saturated carbocycles. The highest BCUT2D eigenvalue weighted by atomic mass is 19.4. The second-order valence-electron chi connectivity index (χ2n) is 7.11. The molecule has 0 saturated heterocycles. The van der Waals surface area contributed by atoms with E-state index in [2.05, 4.69) is 0 Å². The first-order valence-electron chi connectivity index (χ1n) is 10.1. The van der Waals surface area contributed by atoms with Gasteiger partial charge in [-0.3, -0.25) is 0 Å². The van der Waals surface area contributed by atoms with Gasteiger partial charge in [-0.05, 0) is 36.1 Å². The highest BCUT2D eigenvalue weighted by Gasteiger charge is 2.74. The molecule has 0 radical (unpaired) electrons. The maximum Gasteiger partial charge on any atom is 0.411 e. The van der Waals surface area contributed by atoms with Crippen LogP contribution in [0.3, 0.4) is 0 Å². The van der Waals surface area contributed by atoms with Gasteiger partial charge in [-0.25, -0.2) is 9.59 Å². The Morgan fingerprint density at radius 3 is 1.30 bits per heavy atom. The predicted molar refractivity (Wildman–Crippen MR) is 107 cm³/mol. The summed E-state index contributed by atoms with van der Waals surface area (Å²) in [6.07, 6.45) is -11.4. The van der Waals surface area contributed by atoms with Crippen molar-refractivity contribution in [2.45, 2.75) is 44.5 Å². The molecule has 0 heterocycles. The number of hydrogen-bond donors (Lipinski definition) is 0. The maximum atomic E-state index is 14.6. The minimum absolute atomic E-state index is 0.196. The Morgan fingerprint density at radius 1 is 0.667 bits per heavy atom. The average molecular weight is 476 g/mol. The Balaban J connectivity index is 2.96. The van der Waals surface area contributed by atoms with Gasteiger partial charge in [-0.1, -0.05) is 50.2 Å². The maximum absolute atomic E-state index is 14.6. The Morgan fingerprint density at radius 2 is 1.00 bits per heavy atom. The zero-order valence-corrected chi connectivity index (χ0v) is 17.8. The monoisotopic (exact) mass is 476 g/mol. The van der Waals surface area contributed by atoms with E-state index in [4.69, 9.17) is 9.47 Å². The van der Waals surface area contributed by atoms with Gasteiger partial charge in [-0.15, -0.1) is 0 Å². The van der Waals surface area contributed by atoms with E-state index in [0.29, 0.717) is 25.0 Å². The van der Waals surface area contributed by atoms with E-state index in [0.717, 1.165) is 36.4 Å². The summed E-state index contributed by atoms with van der Waals surface area (Å²) in [4.78, 5) is 24.9. The van der Waals surface area contributed by atoms with Crippen LogP contribution in [0.1, 0.15) is 58.5 Å². The molecule has 0 bridgehead atoms. The number of halogens is 6. The molecule has 2 rings (SSSR count). The molecule has 0 aliphatic carbocycles. The first kappa shape index (κ1) is 26.2. The van der Waals surface area contributed by atoms with Crippen molar-refractivity contribution in [2.75, 3.05) is 13.2 Å². The van der Waals surface area contributed by atoms with E-state index < -0.39 is 52.0 Å². The molecule has 0 aliphatic rings. The van der Waals surface area contributed by atoms with Crippen molar-refractivity contribution < 1.29 is 45.4 Å². The molecule has 0 aromatic heterocycles. The molecule has 10 heteroatoms. The molecule has 0 aliphatic heterocycles. The Hall–Kier alpha value is -3.04. The fourth-order valence-electron chi connectivity index (χ4n) is 3.44. The van der Waals surface area contributed by atoms with E-state index in [9.17, 15) is 35.9 Å². The molecular weight excluding hydrogens is 454 g/mol. The summed E-state index contributed by atoms with van der Waals surface area (Å²) in [5.74, 6) is -2.67. The molecule has 0 atom stereocenters. The number of esters is 2. The summed E-state index contributed by atoms with van der Waals surface area (Å²) in [6, 6.07) is 6.97. The van der Waals surface area contributed by atoms with Gasteiger partial charge in [0.2, 0.25) is 5.41 Å². The van der Waals surface area contributed by atoms with Crippen molar-refractivity contribution in [1.82, 2.24) is 0 Å². The van der Waals surface area contributed by atoms with Gasteiger partial charge in [-0.2, -0.15) is 26.3 Å². The summed E-state index contributed by atoms with van der Waals surface area (Å²) in [6.45, 7) is 2.84. The number of ether oxygens (including phenoxy) is 2. The largest absolute Gasteiger partial charge is 0.462 e. The number of carbonyl (C=O) groups excluding carboxylic acids is 2. The fraction of sp³-hybridized carbons (Fsp3) is 0.391. The molecule has 4 nitrogen and oxygen atoms in total. The summed E-state index contributed by atoms with van der Waals surface area (Å²) in [5, 5.41) is 0. The van der Waals surface area contributed by atoms with Crippen molar-refractivity contribution in [3.8, 4) is 0 Å². The van der Waals surface area contributed by atoms with Crippen LogP contribution >= 0.6 is 0 Å². The number of benzene rings is 2. The third-order valence-corrected chi connectivity index (χ3v) is 4.83. The normalized spacial score (nSPS) is 12.4. The quantitative estimate of drug-likeness (QED) is 0.335. The van der Waals surface area contributed by atoms with Gasteiger partial charge in [0.15, 0.2) is 0 Å². The number of carbonyl (C=O) groups is 2. The molecular formula is C23H22F6O4. The van der Waals surface area contributed by atoms with Crippen LogP contribution in [0.25, 0.3) is 0 Å². The summed E-state index contributed by atoms with van der Waals surface area (Å²) in [7, 11) is 0. The SMILES string of the molecule is CCCOC(=O)c1ccccc1C(c1ccccc1C(=O)OCCC)(C(F)(F)F)C(F)(F)F. The molecule has 0 unspecified atom stereocenters. The van der Waals surface area contributed by atoms with Crippen molar-refractivity contribution in [1.29, 1.82) is 0 Å². The van der Waals surface area contributed by atoms with Crippen LogP contribution < -0.4 is 0 Å². The van der Waals surface area contributed by atoms with Crippen molar-refractivity contribution in [3.05, 3.63) is 70.8 Å². The smallest absolute Gasteiger partial charge is 0.411 e. The second kappa shape index (κ2) is 10.3. The van der Waals surface area contributed by atoms with Crippen LogP contribution in [0.15, 0.2) is 48.5 Å². The van der Waals surface area contributed by atoms with Crippen LogP contribution in [0, 0.1) is 0 Å². The molecule has 2 aromatic carbocycles. The molecule has 0 fully saturated rings. The van der Waals surface area contributed by atoms with Crippen LogP contribution in [0.2, 0.25) is 0 Å². The molecule has 0 amide bonds. The second-order valence-corrected chi connectivity index (χ2v) is 7.11. The van der Waals surface area contributed by atoms with Gasteiger partial charge in [0.1, 0.15) is 0 Å². The van der Waals surface area contributed by atoms with Crippen molar-refractivity contribution in [2.24, 2.45) is 0 Å². The highest BCUT2D eigenvalue weighted by molar-refractivity contribution is 5.94. The molecule has 0 spiro atoms. The highest BCUT2D eigenvalue weighted by Crippen LogP contribution is 2.57. The summed E-state index contributed by atoms with van der Waals surface area (Å²) < 4.78 is 97.3. The van der Waals surface area contributed by atoms with Gasteiger partial charge >= 0.3 is 24.3 Å². The topological polar surface area (TPSA) is 52.6 Å². The zero-order chi connectivity index (χ0) is 24.9. The third-order valence-electron chi connectivity index (χ3n) is 4.83. The Bertz CT molecular complexity index is 902. The summed E-state index contributed by atoms with van der Waals surface area (Å²) in [5.41, 5.74) is -9.29. The Labute approximate surface area is 186 Å². The van der Waals surface area contributed by atoms with Crippen LogP contribution in [0.4, 0.5) is 26.3 Å². The lowest BCUT2D eigenvalue weighted by molar-refractivity contribution is -0.288. The van der Waals surface area contributed by atoms with E-state index in [1.54, 1.807) is 13.8 Å². The summed E-state index contributed by atoms with van der Waals surface area (Å²) >= 11 is 0. The number of alkyl halides is 6. The average Bonchev–Trinajstić information content (AvgIpc) is 2.75. The fourth-order valence-corrected chi connectivity index (χ4v) is 3.44. The van der Waals surface area contributed by atoms with Crippen molar-refractivity contribution in [3.63, 3.8) is 0 Å².